The number of nitrogens with zero attached hydrogens (tertiary/aromatic N) is 4. The third-order valence-electron chi connectivity index (χ3n) is 5.31. The van der Waals surface area contributed by atoms with Gasteiger partial charge in [-0.3, -0.25) is 4.98 Å². The molecule has 0 N–H and O–H groups in total. The fourth-order valence-corrected chi connectivity index (χ4v) is 3.91. The molecule has 5 heteroatoms. The molecule has 4 aromatic rings. The van der Waals surface area contributed by atoms with Gasteiger partial charge in [0.2, 0.25) is 0 Å². The average Bonchev–Trinajstić information content (AvgIpc) is 3.10. The van der Waals surface area contributed by atoms with Crippen molar-refractivity contribution in [1.29, 1.82) is 0 Å². The van der Waals surface area contributed by atoms with Crippen LogP contribution in [0.5, 0.6) is 0 Å². The van der Waals surface area contributed by atoms with Gasteiger partial charge in [0, 0.05) is 24.4 Å². The topological polar surface area (TPSA) is 43.1 Å². The van der Waals surface area contributed by atoms with Gasteiger partial charge in [0.15, 0.2) is 5.82 Å². The Balaban J connectivity index is 1.72. The largest absolute Gasteiger partial charge is 0.265 e. The Morgan fingerprint density at radius 3 is 2.34 bits per heavy atom. The highest BCUT2D eigenvalue weighted by atomic mass is 19.1. The monoisotopic (exact) mass is 382 g/mol. The van der Waals surface area contributed by atoms with Gasteiger partial charge >= 0.3 is 0 Å². The fourth-order valence-electron chi connectivity index (χ4n) is 3.91. The first-order chi connectivity index (χ1) is 14.2. The zero-order valence-corrected chi connectivity index (χ0v) is 16.0. The first-order valence-electron chi connectivity index (χ1n) is 9.58. The summed E-state index contributed by atoms with van der Waals surface area (Å²) in [5.41, 5.74) is 5.99. The maximum atomic E-state index is 13.5. The van der Waals surface area contributed by atoms with E-state index >= 15 is 0 Å². The van der Waals surface area contributed by atoms with Crippen LogP contribution >= 0.6 is 0 Å². The van der Waals surface area contributed by atoms with E-state index in [0.29, 0.717) is 0 Å². The molecule has 4 nitrogen and oxygen atoms in total. The van der Waals surface area contributed by atoms with Crippen molar-refractivity contribution >= 4 is 11.5 Å². The summed E-state index contributed by atoms with van der Waals surface area (Å²) in [6, 6.07) is 20.8. The van der Waals surface area contributed by atoms with E-state index < -0.39 is 0 Å². The van der Waals surface area contributed by atoms with Crippen molar-refractivity contribution in [2.24, 2.45) is 4.99 Å². The number of halogens is 1. The van der Waals surface area contributed by atoms with E-state index in [1.165, 1.54) is 12.1 Å². The molecular formula is C24H19FN4. The maximum absolute atomic E-state index is 13.5. The van der Waals surface area contributed by atoms with Crippen LogP contribution in [-0.4, -0.2) is 20.5 Å². The number of fused-ring (bicyclic) bond motifs is 1. The van der Waals surface area contributed by atoms with Crippen molar-refractivity contribution in [3.05, 3.63) is 102 Å². The molecule has 0 amide bonds. The van der Waals surface area contributed by atoms with E-state index in [0.717, 1.165) is 45.9 Å². The number of hydrogen-bond donors (Lipinski definition) is 0. The Labute approximate surface area is 168 Å². The molecule has 2 aromatic carbocycles. The molecule has 2 aromatic heterocycles. The number of aliphatic imine (C=N–C) groups is 1. The molecule has 0 bridgehead atoms. The van der Waals surface area contributed by atoms with Crippen molar-refractivity contribution in [2.45, 2.75) is 19.4 Å². The number of aromatic nitrogens is 3. The third-order valence-corrected chi connectivity index (χ3v) is 5.31. The van der Waals surface area contributed by atoms with Gasteiger partial charge in [0.25, 0.3) is 0 Å². The van der Waals surface area contributed by atoms with Crippen LogP contribution in [0.3, 0.4) is 0 Å². The number of hydrogen-bond acceptors (Lipinski definition) is 3. The number of benzene rings is 2. The second kappa shape index (κ2) is 7.09. The van der Waals surface area contributed by atoms with Crippen LogP contribution in [0, 0.1) is 12.7 Å². The average molecular weight is 382 g/mol. The number of aryl methyl sites for hydroxylation is 1. The van der Waals surface area contributed by atoms with E-state index in [9.17, 15) is 4.39 Å². The zero-order valence-electron chi connectivity index (χ0n) is 16.0. The molecule has 0 aliphatic carbocycles. The standard InChI is InChI=1S/C24H19FN4/c1-16-23(19-7-9-20(25)10-8-19)24-27-21(17-5-3-2-4-6-17)15-22(29(24)28-16)18-11-13-26-14-12-18/h2-14,22H,15H2,1H3. The number of rotatable bonds is 3. The molecule has 29 heavy (non-hydrogen) atoms. The maximum Gasteiger partial charge on any atom is 0.159 e. The molecule has 142 valence electrons. The Hall–Kier alpha value is -3.60. The second-order valence-electron chi connectivity index (χ2n) is 7.16. The van der Waals surface area contributed by atoms with Crippen LogP contribution in [0.2, 0.25) is 0 Å². The van der Waals surface area contributed by atoms with Crippen molar-refractivity contribution < 1.29 is 4.39 Å². The molecule has 1 unspecified atom stereocenters. The van der Waals surface area contributed by atoms with Gasteiger partial charge < -0.3 is 0 Å². The van der Waals surface area contributed by atoms with Crippen molar-refractivity contribution in [2.75, 3.05) is 0 Å². The lowest BCUT2D eigenvalue weighted by Gasteiger charge is -2.25. The summed E-state index contributed by atoms with van der Waals surface area (Å²) in [6.45, 7) is 1.98. The van der Waals surface area contributed by atoms with E-state index in [4.69, 9.17) is 10.1 Å². The minimum absolute atomic E-state index is 0.0219. The lowest BCUT2D eigenvalue weighted by molar-refractivity contribution is 0.529. The Kier molecular flexibility index (Phi) is 4.28. The van der Waals surface area contributed by atoms with Gasteiger partial charge in [0.05, 0.1) is 17.4 Å². The van der Waals surface area contributed by atoms with Crippen molar-refractivity contribution in [3.8, 4) is 11.1 Å². The van der Waals surface area contributed by atoms with E-state index in [-0.39, 0.29) is 11.9 Å². The minimum Gasteiger partial charge on any atom is -0.265 e. The lowest BCUT2D eigenvalue weighted by Crippen LogP contribution is -2.21. The quantitative estimate of drug-likeness (QED) is 0.469. The molecule has 1 atom stereocenters. The predicted molar refractivity (Wildman–Crippen MR) is 112 cm³/mol. The minimum atomic E-state index is -0.254. The first-order valence-corrected chi connectivity index (χ1v) is 9.58. The van der Waals surface area contributed by atoms with Gasteiger partial charge in [-0.25, -0.2) is 14.1 Å². The first kappa shape index (κ1) is 17.5. The lowest BCUT2D eigenvalue weighted by atomic mass is 9.96. The molecule has 0 saturated carbocycles. The molecule has 0 radical (unpaired) electrons. The molecule has 0 saturated heterocycles. The second-order valence-corrected chi connectivity index (χ2v) is 7.16. The van der Waals surface area contributed by atoms with Crippen LogP contribution < -0.4 is 0 Å². The molecule has 1 aliphatic rings. The summed E-state index contributed by atoms with van der Waals surface area (Å²) in [7, 11) is 0. The number of pyridine rings is 1. The van der Waals surface area contributed by atoms with Crippen molar-refractivity contribution in [1.82, 2.24) is 14.8 Å². The highest BCUT2D eigenvalue weighted by Crippen LogP contribution is 2.41. The molecular weight excluding hydrogens is 363 g/mol. The van der Waals surface area contributed by atoms with Crippen LogP contribution in [0.1, 0.15) is 29.3 Å². The fraction of sp³-hybridized carbons (Fsp3) is 0.125. The van der Waals surface area contributed by atoms with E-state index in [2.05, 4.69) is 17.1 Å². The third kappa shape index (κ3) is 3.14. The summed E-state index contributed by atoms with van der Waals surface area (Å²) in [5.74, 6) is 0.552. The molecule has 1 aliphatic heterocycles. The highest BCUT2D eigenvalue weighted by Gasteiger charge is 2.29. The predicted octanol–water partition coefficient (Wildman–Crippen LogP) is 5.51. The van der Waals surface area contributed by atoms with Gasteiger partial charge in [-0.05, 0) is 47.9 Å². The summed E-state index contributed by atoms with van der Waals surface area (Å²) in [4.78, 5) is 9.18. The molecule has 0 fully saturated rings. The summed E-state index contributed by atoms with van der Waals surface area (Å²) in [5, 5.41) is 4.83. The van der Waals surface area contributed by atoms with Crippen LogP contribution in [0.25, 0.3) is 11.1 Å². The van der Waals surface area contributed by atoms with Crippen molar-refractivity contribution in [3.63, 3.8) is 0 Å². The normalized spacial score (nSPS) is 15.7. The van der Waals surface area contributed by atoms with Gasteiger partial charge in [-0.1, -0.05) is 42.5 Å². The van der Waals surface area contributed by atoms with Gasteiger partial charge in [0.1, 0.15) is 5.82 Å². The Bertz CT molecular complexity index is 1180. The SMILES string of the molecule is Cc1nn2c(c1-c1ccc(F)cc1)N=C(c1ccccc1)CC2c1ccncc1. The molecule has 0 spiro atoms. The van der Waals surface area contributed by atoms with Crippen LogP contribution in [0.15, 0.2) is 84.1 Å². The molecule has 5 rings (SSSR count). The highest BCUT2D eigenvalue weighted by molar-refractivity contribution is 6.04. The zero-order chi connectivity index (χ0) is 19.8. The van der Waals surface area contributed by atoms with Gasteiger partial charge in [-0.15, -0.1) is 0 Å². The van der Waals surface area contributed by atoms with E-state index in [1.807, 2.05) is 41.9 Å². The summed E-state index contributed by atoms with van der Waals surface area (Å²) >= 11 is 0. The summed E-state index contributed by atoms with van der Waals surface area (Å²) in [6.07, 6.45) is 4.35. The Morgan fingerprint density at radius 2 is 1.62 bits per heavy atom. The smallest absolute Gasteiger partial charge is 0.159 e. The Morgan fingerprint density at radius 1 is 0.897 bits per heavy atom. The summed E-state index contributed by atoms with van der Waals surface area (Å²) < 4.78 is 15.5. The van der Waals surface area contributed by atoms with Crippen LogP contribution in [-0.2, 0) is 0 Å². The molecule has 3 heterocycles. The van der Waals surface area contributed by atoms with Gasteiger partial charge in [-0.2, -0.15) is 5.10 Å². The van der Waals surface area contributed by atoms with Crippen LogP contribution in [0.4, 0.5) is 10.2 Å². The van der Waals surface area contributed by atoms with E-state index in [1.54, 1.807) is 24.5 Å².